The first kappa shape index (κ1) is 22.1. The van der Waals surface area contributed by atoms with E-state index < -0.39 is 24.0 Å². The molecule has 3 atom stereocenters. The number of likely N-dealkylation sites (tertiary alicyclic amines) is 1. The van der Waals surface area contributed by atoms with E-state index in [1.165, 1.54) is 9.80 Å². The molecule has 3 aliphatic rings. The number of nitrogens with one attached hydrogen (secondary N) is 1. The fourth-order valence-corrected chi connectivity index (χ4v) is 4.42. The Bertz CT molecular complexity index is 921. The van der Waals surface area contributed by atoms with Crippen LogP contribution in [0.3, 0.4) is 0 Å². The minimum absolute atomic E-state index is 0. The van der Waals surface area contributed by atoms with Crippen LogP contribution in [0.15, 0.2) is 41.6 Å². The molecule has 0 saturated carbocycles. The zero-order valence-corrected chi connectivity index (χ0v) is 15.4. The average Bonchev–Trinajstić information content (AvgIpc) is 3.06. The van der Waals surface area contributed by atoms with Crippen molar-refractivity contribution in [2.75, 3.05) is 25.0 Å². The van der Waals surface area contributed by atoms with Crippen molar-refractivity contribution in [3.05, 3.63) is 41.6 Å². The van der Waals surface area contributed by atoms with Crippen LogP contribution in [-0.2, 0) is 19.1 Å². The molecule has 0 bridgehead atoms. The van der Waals surface area contributed by atoms with Gasteiger partial charge in [-0.2, -0.15) is 0 Å². The van der Waals surface area contributed by atoms with Crippen molar-refractivity contribution in [2.24, 2.45) is 11.7 Å². The van der Waals surface area contributed by atoms with Crippen LogP contribution in [0.4, 0.5) is 10.5 Å². The van der Waals surface area contributed by atoms with E-state index >= 15 is 0 Å². The van der Waals surface area contributed by atoms with E-state index in [1.807, 2.05) is 30.3 Å². The normalized spacial score (nSPS) is 23.9. The van der Waals surface area contributed by atoms with Crippen LogP contribution in [-0.4, -0.2) is 100 Å². The molecule has 154 valence electrons. The summed E-state index contributed by atoms with van der Waals surface area (Å²) in [6, 6.07) is 8.21. The third-order valence-corrected chi connectivity index (χ3v) is 5.58. The van der Waals surface area contributed by atoms with E-state index in [2.05, 4.69) is 5.32 Å². The number of primary amides is 1. The maximum absolute atomic E-state index is 12.7. The third-order valence-electron chi connectivity index (χ3n) is 5.58. The number of hydrogen-bond donors (Lipinski definition) is 3. The van der Waals surface area contributed by atoms with Gasteiger partial charge in [0.05, 0.1) is 12.6 Å². The zero-order chi connectivity index (χ0) is 20.7. The van der Waals surface area contributed by atoms with E-state index in [-0.39, 0.29) is 66.3 Å². The number of ether oxygens (including phenoxy) is 1. The van der Waals surface area contributed by atoms with E-state index in [9.17, 15) is 24.3 Å². The standard InChI is InChI=1S/C19H20N4O6.Na.H/c20-19(28)29-9-11-6-10-8-22(13(24)7-21-12-4-2-1-3-5-12)16-14(10)23(17(16)25)15(11)18(26)27;;/h1-5,10,14,16,21H,6-9H2,(H2,20,28)(H,26,27);;/t10-,14-,16+;;/m1../s1. The van der Waals surface area contributed by atoms with E-state index in [4.69, 9.17) is 10.5 Å². The first-order valence-electron chi connectivity index (χ1n) is 9.17. The van der Waals surface area contributed by atoms with Gasteiger partial charge in [0.25, 0.3) is 5.91 Å². The summed E-state index contributed by atoms with van der Waals surface area (Å²) in [5.41, 5.74) is 5.92. The van der Waals surface area contributed by atoms with Gasteiger partial charge in [-0.25, -0.2) is 9.59 Å². The predicted molar refractivity (Wildman–Crippen MR) is 107 cm³/mol. The van der Waals surface area contributed by atoms with Gasteiger partial charge in [-0.3, -0.25) is 14.5 Å². The molecule has 2 saturated heterocycles. The SMILES string of the molecule is NC(=O)OCC1=C(C(=O)O)N2C(=O)[C@@H]3[C@H]2[C@H](C1)CN3C(=O)CNc1ccccc1.[NaH]. The fourth-order valence-electron chi connectivity index (χ4n) is 4.42. The summed E-state index contributed by atoms with van der Waals surface area (Å²) in [4.78, 5) is 50.9. The van der Waals surface area contributed by atoms with Crippen molar-refractivity contribution in [1.29, 1.82) is 0 Å². The summed E-state index contributed by atoms with van der Waals surface area (Å²) < 4.78 is 4.76. The summed E-state index contributed by atoms with van der Waals surface area (Å²) in [7, 11) is 0. The number of nitrogens with two attached hydrogens (primary N) is 1. The Morgan fingerprint density at radius 3 is 2.57 bits per heavy atom. The molecule has 3 aliphatic heterocycles. The van der Waals surface area contributed by atoms with Gasteiger partial charge in [-0.1, -0.05) is 18.2 Å². The Morgan fingerprint density at radius 1 is 1.23 bits per heavy atom. The molecule has 4 rings (SSSR count). The minimum atomic E-state index is -1.27. The average molecular weight is 424 g/mol. The molecule has 3 heterocycles. The number of carbonyl (C=O) groups is 4. The molecule has 10 nitrogen and oxygen atoms in total. The zero-order valence-electron chi connectivity index (χ0n) is 15.4. The molecule has 0 unspecified atom stereocenters. The third kappa shape index (κ3) is 3.78. The molecule has 1 aromatic carbocycles. The molecule has 0 spiro atoms. The number of nitrogens with zero attached hydrogens (tertiary/aromatic N) is 2. The monoisotopic (exact) mass is 424 g/mol. The van der Waals surface area contributed by atoms with Gasteiger partial charge in [-0.15, -0.1) is 0 Å². The predicted octanol–water partition coefficient (Wildman–Crippen LogP) is -0.674. The summed E-state index contributed by atoms with van der Waals surface area (Å²) in [5.74, 6) is -2.05. The van der Waals surface area contributed by atoms with Crippen LogP contribution in [0.2, 0.25) is 0 Å². The molecule has 0 aromatic heterocycles. The fraction of sp³-hybridized carbons (Fsp3) is 0.368. The van der Waals surface area contributed by atoms with E-state index in [0.717, 1.165) is 5.69 Å². The van der Waals surface area contributed by atoms with Crippen molar-refractivity contribution in [2.45, 2.75) is 18.5 Å². The molecule has 30 heavy (non-hydrogen) atoms. The van der Waals surface area contributed by atoms with E-state index in [1.54, 1.807) is 0 Å². The number of rotatable bonds is 6. The number of carboxylic acids is 1. The van der Waals surface area contributed by atoms with Gasteiger partial charge in [-0.05, 0) is 24.1 Å². The number of carboxylic acid groups (broad SMARTS) is 1. The van der Waals surface area contributed by atoms with Crippen LogP contribution in [0.5, 0.6) is 0 Å². The molecular formula is C19H21N4NaO6. The van der Waals surface area contributed by atoms with Gasteiger partial charge in [0, 0.05) is 18.2 Å². The number of carbonyl (C=O) groups excluding carboxylic acids is 3. The van der Waals surface area contributed by atoms with Gasteiger partial charge in [0.2, 0.25) is 5.91 Å². The van der Waals surface area contributed by atoms with Crippen LogP contribution < -0.4 is 11.1 Å². The summed E-state index contributed by atoms with van der Waals surface area (Å²) in [6.07, 6.45) is -0.706. The van der Waals surface area contributed by atoms with Crippen LogP contribution in [0.25, 0.3) is 0 Å². The van der Waals surface area contributed by atoms with Gasteiger partial charge in [0.15, 0.2) is 0 Å². The molecule has 0 radical (unpaired) electrons. The number of aliphatic carboxylic acids is 1. The van der Waals surface area contributed by atoms with Crippen LogP contribution in [0, 0.1) is 5.92 Å². The van der Waals surface area contributed by atoms with Crippen molar-refractivity contribution in [3.8, 4) is 0 Å². The maximum atomic E-state index is 12.7. The van der Waals surface area contributed by atoms with Gasteiger partial charge in [0.1, 0.15) is 18.3 Å². The summed E-state index contributed by atoms with van der Waals surface area (Å²) >= 11 is 0. The summed E-state index contributed by atoms with van der Waals surface area (Å²) in [5, 5.41) is 12.6. The second-order valence-electron chi connectivity index (χ2n) is 7.24. The Kier molecular flexibility index (Phi) is 6.39. The molecule has 1 aromatic rings. The number of amides is 3. The Balaban J connectivity index is 0.00000256. The second-order valence-corrected chi connectivity index (χ2v) is 7.24. The van der Waals surface area contributed by atoms with E-state index in [0.29, 0.717) is 18.5 Å². The van der Waals surface area contributed by atoms with Crippen molar-refractivity contribution < 1.29 is 29.0 Å². The topological polar surface area (TPSA) is 142 Å². The molecule has 2 fully saturated rings. The molecule has 4 N–H and O–H groups in total. The number of benzene rings is 1. The van der Waals surface area contributed by atoms with Gasteiger partial charge < -0.3 is 25.8 Å². The molecule has 11 heteroatoms. The summed E-state index contributed by atoms with van der Waals surface area (Å²) in [6.45, 7) is 0.0715. The second kappa shape index (κ2) is 8.66. The van der Waals surface area contributed by atoms with Crippen LogP contribution >= 0.6 is 0 Å². The molecular weight excluding hydrogens is 403 g/mol. The number of anilines is 1. The number of hydrogen-bond acceptors (Lipinski definition) is 6. The van der Waals surface area contributed by atoms with Crippen molar-refractivity contribution in [3.63, 3.8) is 0 Å². The first-order chi connectivity index (χ1) is 13.9. The molecule has 0 aliphatic carbocycles. The number of β-lactam (4-membered cyclic amide) rings is 1. The quantitative estimate of drug-likeness (QED) is 0.406. The van der Waals surface area contributed by atoms with Crippen LogP contribution in [0.1, 0.15) is 6.42 Å². The Morgan fingerprint density at radius 2 is 1.93 bits per heavy atom. The number of para-hydroxylation sites is 1. The first-order valence-corrected chi connectivity index (χ1v) is 9.17. The Hall–Kier alpha value is -2.56. The van der Waals surface area contributed by atoms with Gasteiger partial charge >= 0.3 is 41.6 Å². The Labute approximate surface area is 194 Å². The van der Waals surface area contributed by atoms with Crippen molar-refractivity contribution in [1.82, 2.24) is 9.80 Å². The van der Waals surface area contributed by atoms with Crippen molar-refractivity contribution >= 4 is 59.1 Å². The molecule has 3 amide bonds.